The molecule has 0 bridgehead atoms. The molecule has 2 nitrogen and oxygen atoms in total. The van der Waals surface area contributed by atoms with Gasteiger partial charge in [-0.05, 0) is 41.7 Å². The predicted molar refractivity (Wildman–Crippen MR) is 90.2 cm³/mol. The van der Waals surface area contributed by atoms with Crippen molar-refractivity contribution in [1.82, 2.24) is 0 Å². The van der Waals surface area contributed by atoms with Crippen molar-refractivity contribution in [2.45, 2.75) is 33.1 Å². The molecule has 0 saturated heterocycles. The molecule has 0 heterocycles. The summed E-state index contributed by atoms with van der Waals surface area (Å²) in [7, 11) is 0. The van der Waals surface area contributed by atoms with Gasteiger partial charge in [0, 0.05) is 11.8 Å². The number of para-hydroxylation sites is 1. The Hall–Kier alpha value is -1.80. The lowest BCUT2D eigenvalue weighted by atomic mass is 9.86. The smallest absolute Gasteiger partial charge is 0.142 e. The largest absolute Gasteiger partial charge is 0.506 e. The van der Waals surface area contributed by atoms with Gasteiger partial charge in [-0.25, -0.2) is 0 Å². The van der Waals surface area contributed by atoms with E-state index in [0.717, 1.165) is 11.3 Å². The summed E-state index contributed by atoms with van der Waals surface area (Å²) >= 11 is 5.99. The highest BCUT2D eigenvalue weighted by atomic mass is 35.5. The van der Waals surface area contributed by atoms with Gasteiger partial charge in [0.15, 0.2) is 0 Å². The van der Waals surface area contributed by atoms with Crippen LogP contribution in [0.5, 0.6) is 5.75 Å². The molecule has 0 unspecified atom stereocenters. The lowest BCUT2D eigenvalue weighted by Crippen LogP contribution is -2.11. The summed E-state index contributed by atoms with van der Waals surface area (Å²) in [6.07, 6.45) is 1.67. The second kappa shape index (κ2) is 5.90. The molecule has 0 spiro atoms. The van der Waals surface area contributed by atoms with Crippen LogP contribution in [0.2, 0.25) is 5.02 Å². The molecule has 0 radical (unpaired) electrons. The Bertz CT molecular complexity index is 684. The number of aryl methyl sites for hydroxylation is 1. The number of hydrogen-bond donors (Lipinski definition) is 1. The van der Waals surface area contributed by atoms with Crippen molar-refractivity contribution in [2.75, 3.05) is 0 Å². The minimum absolute atomic E-state index is 0.0141. The molecule has 3 heteroatoms. The van der Waals surface area contributed by atoms with E-state index in [1.807, 2.05) is 31.2 Å². The molecule has 2 aromatic rings. The minimum atomic E-state index is 0.0141. The Morgan fingerprint density at radius 2 is 1.81 bits per heavy atom. The van der Waals surface area contributed by atoms with Gasteiger partial charge < -0.3 is 5.11 Å². The van der Waals surface area contributed by atoms with Crippen LogP contribution in [0.1, 0.15) is 37.5 Å². The van der Waals surface area contributed by atoms with Gasteiger partial charge in [-0.1, -0.05) is 50.6 Å². The highest BCUT2D eigenvalue weighted by Gasteiger charge is 2.16. The minimum Gasteiger partial charge on any atom is -0.506 e. The number of aliphatic imine (C=N–C) groups is 1. The van der Waals surface area contributed by atoms with Crippen LogP contribution in [0, 0.1) is 6.92 Å². The first kappa shape index (κ1) is 15.6. The molecule has 0 atom stereocenters. The van der Waals surface area contributed by atoms with E-state index in [1.54, 1.807) is 12.3 Å². The first-order chi connectivity index (χ1) is 9.79. The Balaban J connectivity index is 2.44. The van der Waals surface area contributed by atoms with Gasteiger partial charge in [0.25, 0.3) is 0 Å². The second-order valence-corrected chi connectivity index (χ2v) is 6.62. The summed E-state index contributed by atoms with van der Waals surface area (Å²) < 4.78 is 0. The maximum atomic E-state index is 10.0. The van der Waals surface area contributed by atoms with Crippen LogP contribution in [0.25, 0.3) is 0 Å². The number of aromatic hydroxyl groups is 1. The highest BCUT2D eigenvalue weighted by Crippen LogP contribution is 2.32. The van der Waals surface area contributed by atoms with Gasteiger partial charge in [0.2, 0.25) is 0 Å². The van der Waals surface area contributed by atoms with E-state index in [-0.39, 0.29) is 11.2 Å². The van der Waals surface area contributed by atoms with Crippen LogP contribution in [0.15, 0.2) is 41.4 Å². The second-order valence-electron chi connectivity index (χ2n) is 6.21. The first-order valence-electron chi connectivity index (χ1n) is 6.92. The lowest BCUT2D eigenvalue weighted by molar-refractivity contribution is 0.474. The van der Waals surface area contributed by atoms with Crippen LogP contribution in [-0.2, 0) is 5.41 Å². The van der Waals surface area contributed by atoms with Gasteiger partial charge in [0.1, 0.15) is 5.75 Å². The van der Waals surface area contributed by atoms with E-state index < -0.39 is 0 Å². The Morgan fingerprint density at radius 1 is 1.14 bits per heavy atom. The van der Waals surface area contributed by atoms with Crippen molar-refractivity contribution in [3.63, 3.8) is 0 Å². The summed E-state index contributed by atoms with van der Waals surface area (Å²) in [6, 6.07) is 11.6. The predicted octanol–water partition coefficient (Wildman–Crippen LogP) is 5.40. The standard InChI is InChI=1S/C18H20ClNO/c1-12-9-13(17(21)15(19)10-12)11-20-16-8-6-5-7-14(16)18(2,3)4/h5-11,21H,1-4H3. The number of phenols is 1. The zero-order valence-corrected chi connectivity index (χ0v) is 13.6. The third kappa shape index (κ3) is 3.64. The number of rotatable bonds is 2. The molecule has 0 aromatic heterocycles. The molecule has 0 aliphatic heterocycles. The van der Waals surface area contributed by atoms with Crippen molar-refractivity contribution in [2.24, 2.45) is 4.99 Å². The summed E-state index contributed by atoms with van der Waals surface area (Å²) in [5, 5.41) is 10.4. The van der Waals surface area contributed by atoms with Crippen LogP contribution in [0.3, 0.4) is 0 Å². The zero-order valence-electron chi connectivity index (χ0n) is 12.8. The fourth-order valence-corrected chi connectivity index (χ4v) is 2.50. The van der Waals surface area contributed by atoms with Crippen molar-refractivity contribution in [3.05, 3.63) is 58.1 Å². The summed E-state index contributed by atoms with van der Waals surface area (Å²) in [6.45, 7) is 8.40. The van der Waals surface area contributed by atoms with Gasteiger partial charge >= 0.3 is 0 Å². The number of benzene rings is 2. The number of halogens is 1. The molecule has 110 valence electrons. The van der Waals surface area contributed by atoms with Gasteiger partial charge in [-0.15, -0.1) is 0 Å². The third-order valence-electron chi connectivity index (χ3n) is 3.29. The van der Waals surface area contributed by atoms with Crippen molar-refractivity contribution < 1.29 is 5.11 Å². The molecule has 2 aromatic carbocycles. The van der Waals surface area contributed by atoms with E-state index in [1.165, 1.54) is 5.56 Å². The van der Waals surface area contributed by atoms with Crippen LogP contribution < -0.4 is 0 Å². The van der Waals surface area contributed by atoms with Crippen LogP contribution in [-0.4, -0.2) is 11.3 Å². The van der Waals surface area contributed by atoms with Gasteiger partial charge in [-0.3, -0.25) is 4.99 Å². The summed E-state index contributed by atoms with van der Waals surface area (Å²) in [5.41, 5.74) is 3.70. The van der Waals surface area contributed by atoms with Crippen molar-refractivity contribution >= 4 is 23.5 Å². The molecule has 21 heavy (non-hydrogen) atoms. The molecule has 0 amide bonds. The third-order valence-corrected chi connectivity index (χ3v) is 3.58. The molecular weight excluding hydrogens is 282 g/mol. The molecular formula is C18H20ClNO. The van der Waals surface area contributed by atoms with Gasteiger partial charge in [-0.2, -0.15) is 0 Å². The van der Waals surface area contributed by atoms with Crippen LogP contribution in [0.4, 0.5) is 5.69 Å². The van der Waals surface area contributed by atoms with Gasteiger partial charge in [0.05, 0.1) is 10.7 Å². The van der Waals surface area contributed by atoms with Crippen molar-refractivity contribution in [1.29, 1.82) is 0 Å². The fraction of sp³-hybridized carbons (Fsp3) is 0.278. The average Bonchev–Trinajstić information content (AvgIpc) is 2.40. The molecule has 0 saturated carbocycles. The van der Waals surface area contributed by atoms with Crippen molar-refractivity contribution in [3.8, 4) is 5.75 Å². The summed E-state index contributed by atoms with van der Waals surface area (Å²) in [4.78, 5) is 4.54. The maximum absolute atomic E-state index is 10.0. The molecule has 0 aliphatic carbocycles. The highest BCUT2D eigenvalue weighted by molar-refractivity contribution is 6.32. The molecule has 1 N–H and O–H groups in total. The normalized spacial score (nSPS) is 12.0. The SMILES string of the molecule is Cc1cc(Cl)c(O)c(C=Nc2ccccc2C(C)(C)C)c1. The summed E-state index contributed by atoms with van der Waals surface area (Å²) in [5.74, 6) is 0.0688. The number of nitrogens with zero attached hydrogens (tertiary/aromatic N) is 1. The number of hydrogen-bond acceptors (Lipinski definition) is 2. The first-order valence-corrected chi connectivity index (χ1v) is 7.29. The Kier molecular flexibility index (Phi) is 4.38. The lowest BCUT2D eigenvalue weighted by Gasteiger charge is -2.20. The topological polar surface area (TPSA) is 32.6 Å². The van der Waals surface area contributed by atoms with E-state index in [0.29, 0.717) is 10.6 Å². The zero-order chi connectivity index (χ0) is 15.6. The Morgan fingerprint density at radius 3 is 2.48 bits per heavy atom. The number of phenolic OH excluding ortho intramolecular Hbond substituents is 1. The molecule has 0 aliphatic rings. The molecule has 0 fully saturated rings. The van der Waals surface area contributed by atoms with E-state index in [2.05, 4.69) is 31.8 Å². The fourth-order valence-electron chi connectivity index (χ4n) is 2.22. The monoisotopic (exact) mass is 301 g/mol. The molecule has 2 rings (SSSR count). The van der Waals surface area contributed by atoms with E-state index >= 15 is 0 Å². The van der Waals surface area contributed by atoms with E-state index in [4.69, 9.17) is 11.6 Å². The Labute approximate surface area is 131 Å². The van der Waals surface area contributed by atoms with E-state index in [9.17, 15) is 5.11 Å². The van der Waals surface area contributed by atoms with Crippen LogP contribution >= 0.6 is 11.6 Å². The average molecular weight is 302 g/mol. The maximum Gasteiger partial charge on any atom is 0.142 e. The quantitative estimate of drug-likeness (QED) is 0.740.